The fourth-order valence-electron chi connectivity index (χ4n) is 2.36. The van der Waals surface area contributed by atoms with Gasteiger partial charge in [0, 0.05) is 12.5 Å². The van der Waals surface area contributed by atoms with Gasteiger partial charge in [0.1, 0.15) is 0 Å². The Balaban J connectivity index is 2.54. The molecule has 1 aliphatic rings. The van der Waals surface area contributed by atoms with Crippen LogP contribution in [-0.2, 0) is 8.85 Å². The molecule has 1 unspecified atom stereocenters. The summed E-state index contributed by atoms with van der Waals surface area (Å²) in [6.07, 6.45) is 7.18. The quantitative estimate of drug-likeness (QED) is 0.562. The van der Waals surface area contributed by atoms with Crippen LogP contribution in [0.1, 0.15) is 46.5 Å². The Kier molecular flexibility index (Phi) is 6.33. The van der Waals surface area contributed by atoms with E-state index in [4.69, 9.17) is 8.85 Å². The first-order valence-corrected chi connectivity index (χ1v) is 14.8. The maximum absolute atomic E-state index is 6.34. The van der Waals surface area contributed by atoms with Crippen molar-refractivity contribution in [3.8, 4) is 0 Å². The van der Waals surface area contributed by atoms with Gasteiger partial charge in [-0.15, -0.1) is 0 Å². The van der Waals surface area contributed by atoms with Crippen LogP contribution >= 0.6 is 0 Å². The molecule has 0 N–H and O–H groups in total. The molecule has 4 heteroatoms. The summed E-state index contributed by atoms with van der Waals surface area (Å²) in [6.45, 7) is 19.3. The lowest BCUT2D eigenvalue weighted by molar-refractivity contribution is 0.228. The number of hydrogen-bond donors (Lipinski definition) is 0. The topological polar surface area (TPSA) is 18.5 Å². The van der Waals surface area contributed by atoms with E-state index >= 15 is 0 Å². The van der Waals surface area contributed by atoms with Gasteiger partial charge in [0.05, 0.1) is 5.76 Å². The minimum atomic E-state index is -1.61. The molecule has 0 aromatic rings. The van der Waals surface area contributed by atoms with Crippen molar-refractivity contribution < 1.29 is 8.85 Å². The van der Waals surface area contributed by atoms with Gasteiger partial charge in [0.2, 0.25) is 8.32 Å². The van der Waals surface area contributed by atoms with E-state index in [2.05, 4.69) is 59.6 Å². The minimum absolute atomic E-state index is 0.299. The summed E-state index contributed by atoms with van der Waals surface area (Å²) < 4.78 is 12.6. The number of allylic oxidation sites excluding steroid dienone is 2. The summed E-state index contributed by atoms with van der Waals surface area (Å²) >= 11 is 0. The summed E-state index contributed by atoms with van der Waals surface area (Å²) in [5.41, 5.74) is 0. The van der Waals surface area contributed by atoms with Crippen molar-refractivity contribution in [2.24, 2.45) is 5.92 Å². The standard InChI is InChI=1S/C17H36O2Si2/c1-17(2,3)21(7,8)18-14-13-15-11-9-10-12-16(15)19-20(4,5)6/h12,15H,9-11,13-14H2,1-8H3. The molecular weight excluding hydrogens is 292 g/mol. The first kappa shape index (κ1) is 19.0. The lowest BCUT2D eigenvalue weighted by Crippen LogP contribution is -2.41. The van der Waals surface area contributed by atoms with Gasteiger partial charge in [-0.05, 0) is 69.5 Å². The summed E-state index contributed by atoms with van der Waals surface area (Å²) in [4.78, 5) is 0. The van der Waals surface area contributed by atoms with E-state index in [1.807, 2.05) is 0 Å². The van der Waals surface area contributed by atoms with Crippen LogP contribution in [0.2, 0.25) is 37.8 Å². The van der Waals surface area contributed by atoms with Crippen LogP contribution in [0.5, 0.6) is 0 Å². The van der Waals surface area contributed by atoms with Crippen molar-refractivity contribution in [2.75, 3.05) is 6.61 Å². The largest absolute Gasteiger partial charge is 0.547 e. The third-order valence-corrected chi connectivity index (χ3v) is 10.1. The number of hydrogen-bond acceptors (Lipinski definition) is 2. The van der Waals surface area contributed by atoms with Crippen LogP contribution in [0.3, 0.4) is 0 Å². The molecule has 0 amide bonds. The van der Waals surface area contributed by atoms with E-state index in [-0.39, 0.29) is 0 Å². The summed E-state index contributed by atoms with van der Waals surface area (Å²) in [6, 6.07) is 0. The molecule has 0 spiro atoms. The zero-order chi connectivity index (χ0) is 16.3. The van der Waals surface area contributed by atoms with Crippen LogP contribution in [-0.4, -0.2) is 23.2 Å². The Bertz CT molecular complexity index is 362. The monoisotopic (exact) mass is 328 g/mol. The van der Waals surface area contributed by atoms with E-state index in [1.165, 1.54) is 25.0 Å². The smallest absolute Gasteiger partial charge is 0.241 e. The SMILES string of the molecule is CC(C)(C)[Si](C)(C)OCCC1CCCC=C1O[Si](C)(C)C. The van der Waals surface area contributed by atoms with Gasteiger partial charge < -0.3 is 8.85 Å². The normalized spacial score (nSPS) is 21.1. The molecule has 0 aromatic heterocycles. The van der Waals surface area contributed by atoms with Gasteiger partial charge in [0.25, 0.3) is 0 Å². The van der Waals surface area contributed by atoms with E-state index < -0.39 is 16.6 Å². The van der Waals surface area contributed by atoms with Crippen LogP contribution in [0, 0.1) is 5.92 Å². The maximum atomic E-state index is 6.34. The Morgan fingerprint density at radius 1 is 1.14 bits per heavy atom. The maximum Gasteiger partial charge on any atom is 0.241 e. The first-order valence-electron chi connectivity index (χ1n) is 8.45. The van der Waals surface area contributed by atoms with Crippen molar-refractivity contribution in [1.82, 2.24) is 0 Å². The van der Waals surface area contributed by atoms with Crippen LogP contribution in [0.15, 0.2) is 11.8 Å². The molecule has 0 bridgehead atoms. The summed E-state index contributed by atoms with van der Waals surface area (Å²) in [7, 11) is -3.10. The Morgan fingerprint density at radius 3 is 2.29 bits per heavy atom. The highest BCUT2D eigenvalue weighted by Gasteiger charge is 2.37. The number of rotatable bonds is 6. The molecule has 2 nitrogen and oxygen atoms in total. The zero-order valence-corrected chi connectivity index (χ0v) is 17.5. The van der Waals surface area contributed by atoms with Crippen LogP contribution in [0.25, 0.3) is 0 Å². The summed E-state index contributed by atoms with van der Waals surface area (Å²) in [5, 5.41) is 0.299. The Hall–Kier alpha value is -0.0662. The van der Waals surface area contributed by atoms with Crippen LogP contribution < -0.4 is 0 Å². The van der Waals surface area contributed by atoms with Gasteiger partial charge in [0.15, 0.2) is 8.32 Å². The van der Waals surface area contributed by atoms with E-state index in [0.29, 0.717) is 11.0 Å². The molecule has 0 saturated heterocycles. The van der Waals surface area contributed by atoms with Crippen molar-refractivity contribution in [1.29, 1.82) is 0 Å². The van der Waals surface area contributed by atoms with Gasteiger partial charge in [-0.3, -0.25) is 0 Å². The molecule has 1 atom stereocenters. The molecular formula is C17H36O2Si2. The molecule has 21 heavy (non-hydrogen) atoms. The van der Waals surface area contributed by atoms with Gasteiger partial charge >= 0.3 is 0 Å². The third kappa shape index (κ3) is 6.29. The van der Waals surface area contributed by atoms with E-state index in [1.54, 1.807) is 0 Å². The average Bonchev–Trinajstić information content (AvgIpc) is 2.27. The molecule has 1 aliphatic carbocycles. The van der Waals surface area contributed by atoms with Crippen LogP contribution in [0.4, 0.5) is 0 Å². The predicted molar refractivity (Wildman–Crippen MR) is 97.6 cm³/mol. The third-order valence-electron chi connectivity index (χ3n) is 4.66. The fourth-order valence-corrected chi connectivity index (χ4v) is 4.37. The highest BCUT2D eigenvalue weighted by atomic mass is 28.4. The summed E-state index contributed by atoms with van der Waals surface area (Å²) in [5.74, 6) is 1.84. The molecule has 0 radical (unpaired) electrons. The Labute approximate surface area is 134 Å². The van der Waals surface area contributed by atoms with E-state index in [0.717, 1.165) is 13.0 Å². The second-order valence-electron chi connectivity index (χ2n) is 8.85. The van der Waals surface area contributed by atoms with Gasteiger partial charge in [-0.2, -0.15) is 0 Å². The lowest BCUT2D eigenvalue weighted by atomic mass is 9.91. The average molecular weight is 329 g/mol. The molecule has 124 valence electrons. The van der Waals surface area contributed by atoms with Gasteiger partial charge in [-0.1, -0.05) is 20.8 Å². The van der Waals surface area contributed by atoms with Gasteiger partial charge in [-0.25, -0.2) is 0 Å². The lowest BCUT2D eigenvalue weighted by Gasteiger charge is -2.37. The second kappa shape index (κ2) is 7.01. The second-order valence-corrected chi connectivity index (χ2v) is 18.1. The Morgan fingerprint density at radius 2 is 1.76 bits per heavy atom. The molecule has 0 heterocycles. The van der Waals surface area contributed by atoms with Crippen molar-refractivity contribution in [3.05, 3.63) is 11.8 Å². The highest BCUT2D eigenvalue weighted by Crippen LogP contribution is 2.37. The molecule has 0 fully saturated rings. The van der Waals surface area contributed by atoms with Crippen molar-refractivity contribution in [3.63, 3.8) is 0 Å². The fraction of sp³-hybridized carbons (Fsp3) is 0.882. The molecule has 0 aromatic carbocycles. The van der Waals surface area contributed by atoms with E-state index in [9.17, 15) is 0 Å². The minimum Gasteiger partial charge on any atom is -0.547 e. The van der Waals surface area contributed by atoms with Crippen molar-refractivity contribution >= 4 is 16.6 Å². The molecule has 0 aliphatic heterocycles. The molecule has 0 saturated carbocycles. The first-order chi connectivity index (χ1) is 9.42. The zero-order valence-electron chi connectivity index (χ0n) is 15.5. The van der Waals surface area contributed by atoms with Crippen molar-refractivity contribution in [2.45, 2.75) is 84.2 Å². The highest BCUT2D eigenvalue weighted by molar-refractivity contribution is 6.74. The predicted octanol–water partition coefficient (Wildman–Crippen LogP) is 5.93. The molecule has 1 rings (SSSR count).